The first-order valence-corrected chi connectivity index (χ1v) is 7.25. The van der Waals surface area contributed by atoms with E-state index < -0.39 is 0 Å². The van der Waals surface area contributed by atoms with Gasteiger partial charge in [-0.2, -0.15) is 0 Å². The van der Waals surface area contributed by atoms with E-state index in [2.05, 4.69) is 11.4 Å². The molecule has 0 amide bonds. The van der Waals surface area contributed by atoms with Crippen LogP contribution in [0.2, 0.25) is 0 Å². The van der Waals surface area contributed by atoms with E-state index in [1.165, 1.54) is 31.2 Å². The van der Waals surface area contributed by atoms with Crippen molar-refractivity contribution in [3.8, 4) is 11.5 Å². The van der Waals surface area contributed by atoms with Crippen molar-refractivity contribution in [2.75, 3.05) is 14.2 Å². The number of benzene rings is 1. The van der Waals surface area contributed by atoms with Gasteiger partial charge < -0.3 is 14.8 Å². The lowest BCUT2D eigenvalue weighted by atomic mass is 9.95. The highest BCUT2D eigenvalue weighted by Gasteiger charge is 2.39. The quantitative estimate of drug-likeness (QED) is 0.884. The third-order valence-electron chi connectivity index (χ3n) is 4.78. The van der Waals surface area contributed by atoms with Crippen LogP contribution in [0.25, 0.3) is 0 Å². The fraction of sp³-hybridized carbons (Fsp3) is 0.625. The summed E-state index contributed by atoms with van der Waals surface area (Å²) in [5, 5.41) is 3.72. The van der Waals surface area contributed by atoms with E-state index >= 15 is 0 Å². The number of para-hydroxylation sites is 1. The van der Waals surface area contributed by atoms with Gasteiger partial charge in [0.25, 0.3) is 0 Å². The molecule has 0 heterocycles. The summed E-state index contributed by atoms with van der Waals surface area (Å²) in [6.07, 6.45) is 5.66. The number of rotatable bonds is 5. The molecule has 2 bridgehead atoms. The van der Waals surface area contributed by atoms with E-state index in [0.29, 0.717) is 6.04 Å². The van der Waals surface area contributed by atoms with Crippen molar-refractivity contribution in [3.05, 3.63) is 23.8 Å². The minimum Gasteiger partial charge on any atom is -0.493 e. The summed E-state index contributed by atoms with van der Waals surface area (Å²) in [6, 6.07) is 6.79. The van der Waals surface area contributed by atoms with Gasteiger partial charge in [0.15, 0.2) is 11.5 Å². The van der Waals surface area contributed by atoms with Gasteiger partial charge in [-0.1, -0.05) is 18.6 Å². The van der Waals surface area contributed by atoms with Gasteiger partial charge in [0.05, 0.1) is 14.2 Å². The first kappa shape index (κ1) is 12.8. The van der Waals surface area contributed by atoms with Gasteiger partial charge in [0.1, 0.15) is 0 Å². The van der Waals surface area contributed by atoms with Crippen LogP contribution in [-0.2, 0) is 6.54 Å². The molecule has 3 nitrogen and oxygen atoms in total. The molecular formula is C16H23NO2. The molecule has 0 saturated heterocycles. The zero-order chi connectivity index (χ0) is 13.2. The highest BCUT2D eigenvalue weighted by atomic mass is 16.5. The minimum atomic E-state index is 0.703. The van der Waals surface area contributed by atoms with E-state index in [9.17, 15) is 0 Å². The van der Waals surface area contributed by atoms with Crippen LogP contribution in [0.1, 0.15) is 31.2 Å². The molecule has 3 heteroatoms. The standard InChI is InChI=1S/C16H23NO2/c1-18-15-5-3-4-13(16(15)19-2)10-17-14-9-11-6-7-12(14)8-11/h3-5,11-12,14,17H,6-10H2,1-2H3/t11-,12+,14-/m0/s1. The molecule has 0 spiro atoms. The molecule has 3 rings (SSSR count). The molecule has 1 aromatic carbocycles. The molecule has 2 fully saturated rings. The number of hydrogen-bond acceptors (Lipinski definition) is 3. The fourth-order valence-electron chi connectivity index (χ4n) is 3.83. The average molecular weight is 261 g/mol. The Morgan fingerprint density at radius 1 is 1.16 bits per heavy atom. The van der Waals surface area contributed by atoms with E-state index in [1.807, 2.05) is 12.1 Å². The van der Waals surface area contributed by atoms with Crippen molar-refractivity contribution >= 4 is 0 Å². The van der Waals surface area contributed by atoms with Crippen LogP contribution in [-0.4, -0.2) is 20.3 Å². The molecule has 0 aromatic heterocycles. The second-order valence-electron chi connectivity index (χ2n) is 5.81. The van der Waals surface area contributed by atoms with Crippen LogP contribution in [0.5, 0.6) is 11.5 Å². The van der Waals surface area contributed by atoms with Crippen molar-refractivity contribution in [2.45, 2.75) is 38.3 Å². The first-order chi connectivity index (χ1) is 9.31. The van der Waals surface area contributed by atoms with Crippen molar-refractivity contribution in [3.63, 3.8) is 0 Å². The molecular weight excluding hydrogens is 238 g/mol. The maximum atomic E-state index is 5.48. The number of nitrogens with one attached hydrogen (secondary N) is 1. The summed E-state index contributed by atoms with van der Waals surface area (Å²) in [7, 11) is 3.39. The van der Waals surface area contributed by atoms with Crippen LogP contribution >= 0.6 is 0 Å². The Morgan fingerprint density at radius 2 is 2.05 bits per heavy atom. The maximum absolute atomic E-state index is 5.48. The molecule has 19 heavy (non-hydrogen) atoms. The summed E-state index contributed by atoms with van der Waals surface area (Å²) < 4.78 is 10.8. The highest BCUT2D eigenvalue weighted by molar-refractivity contribution is 5.46. The zero-order valence-electron chi connectivity index (χ0n) is 11.8. The highest BCUT2D eigenvalue weighted by Crippen LogP contribution is 2.44. The number of hydrogen-bond donors (Lipinski definition) is 1. The molecule has 0 unspecified atom stereocenters. The van der Waals surface area contributed by atoms with Crippen LogP contribution in [0.3, 0.4) is 0 Å². The average Bonchev–Trinajstić information content (AvgIpc) is 3.06. The van der Waals surface area contributed by atoms with Gasteiger partial charge in [-0.25, -0.2) is 0 Å². The van der Waals surface area contributed by atoms with Gasteiger partial charge in [-0.15, -0.1) is 0 Å². The Morgan fingerprint density at radius 3 is 2.68 bits per heavy atom. The smallest absolute Gasteiger partial charge is 0.165 e. The van der Waals surface area contributed by atoms with Gasteiger partial charge in [-0.3, -0.25) is 0 Å². The summed E-state index contributed by atoms with van der Waals surface area (Å²) in [5.41, 5.74) is 1.18. The number of fused-ring (bicyclic) bond motifs is 2. The van der Waals surface area contributed by atoms with Crippen molar-refractivity contribution in [1.82, 2.24) is 5.32 Å². The molecule has 3 atom stereocenters. The summed E-state index contributed by atoms with van der Waals surface area (Å²) in [4.78, 5) is 0. The van der Waals surface area contributed by atoms with Gasteiger partial charge >= 0.3 is 0 Å². The molecule has 0 radical (unpaired) electrons. The van der Waals surface area contributed by atoms with Crippen LogP contribution in [0.15, 0.2) is 18.2 Å². The largest absolute Gasteiger partial charge is 0.493 e. The van der Waals surface area contributed by atoms with Crippen molar-refractivity contribution in [2.24, 2.45) is 11.8 Å². The first-order valence-electron chi connectivity index (χ1n) is 7.25. The lowest BCUT2D eigenvalue weighted by molar-refractivity contribution is 0.336. The van der Waals surface area contributed by atoms with Crippen LogP contribution in [0.4, 0.5) is 0 Å². The second kappa shape index (κ2) is 5.41. The third kappa shape index (κ3) is 2.44. The third-order valence-corrected chi connectivity index (χ3v) is 4.78. The summed E-state index contributed by atoms with van der Waals surface area (Å²) in [6.45, 7) is 0.869. The van der Waals surface area contributed by atoms with Gasteiger partial charge in [0.2, 0.25) is 0 Å². The monoisotopic (exact) mass is 261 g/mol. The van der Waals surface area contributed by atoms with Crippen LogP contribution in [0, 0.1) is 11.8 Å². The van der Waals surface area contributed by atoms with E-state index in [4.69, 9.17) is 9.47 Å². The predicted molar refractivity (Wildman–Crippen MR) is 75.6 cm³/mol. The van der Waals surface area contributed by atoms with Crippen molar-refractivity contribution < 1.29 is 9.47 Å². The lowest BCUT2D eigenvalue weighted by Crippen LogP contribution is -2.33. The Bertz CT molecular complexity index is 446. The molecule has 2 aliphatic carbocycles. The summed E-state index contributed by atoms with van der Waals surface area (Å²) >= 11 is 0. The van der Waals surface area contributed by atoms with E-state index in [1.54, 1.807) is 14.2 Å². The Hall–Kier alpha value is -1.22. The molecule has 1 N–H and O–H groups in total. The normalized spacial score (nSPS) is 28.6. The Kier molecular flexibility index (Phi) is 3.65. The Balaban J connectivity index is 1.66. The minimum absolute atomic E-state index is 0.703. The maximum Gasteiger partial charge on any atom is 0.165 e. The van der Waals surface area contributed by atoms with E-state index in [-0.39, 0.29) is 0 Å². The summed E-state index contributed by atoms with van der Waals surface area (Å²) in [5.74, 6) is 3.56. The lowest BCUT2D eigenvalue weighted by Gasteiger charge is -2.23. The molecule has 2 saturated carbocycles. The number of methoxy groups -OCH3 is 2. The Labute approximate surface area is 115 Å². The molecule has 0 aliphatic heterocycles. The van der Waals surface area contributed by atoms with Gasteiger partial charge in [-0.05, 0) is 37.2 Å². The fourth-order valence-corrected chi connectivity index (χ4v) is 3.83. The predicted octanol–water partition coefficient (Wildman–Crippen LogP) is 2.98. The second-order valence-corrected chi connectivity index (χ2v) is 5.81. The number of ether oxygens (including phenoxy) is 2. The molecule has 1 aromatic rings. The van der Waals surface area contributed by atoms with Crippen molar-refractivity contribution in [1.29, 1.82) is 0 Å². The SMILES string of the molecule is COc1cccc(CN[C@H]2C[C@H]3CC[C@@H]2C3)c1OC. The topological polar surface area (TPSA) is 30.5 Å². The van der Waals surface area contributed by atoms with E-state index in [0.717, 1.165) is 29.9 Å². The van der Waals surface area contributed by atoms with Gasteiger partial charge in [0, 0.05) is 18.2 Å². The molecule has 104 valence electrons. The zero-order valence-corrected chi connectivity index (χ0v) is 11.8. The van der Waals surface area contributed by atoms with Crippen LogP contribution < -0.4 is 14.8 Å². The molecule has 2 aliphatic rings.